The summed E-state index contributed by atoms with van der Waals surface area (Å²) in [6.07, 6.45) is 8.04. The first-order valence-corrected chi connectivity index (χ1v) is 18.9. The Labute approximate surface area is 302 Å². The van der Waals surface area contributed by atoms with Crippen LogP contribution in [0.5, 0.6) is 11.8 Å². The molecule has 4 aromatic rings. The average Bonchev–Trinajstić information content (AvgIpc) is 3.56. The number of fused-ring (bicyclic) bond motifs is 4. The number of carbonyl (C=O) groups is 1. The molecular formula is C39H47FN6O6. The first kappa shape index (κ1) is 33.6. The first-order chi connectivity index (χ1) is 25.0. The maximum Gasteiger partial charge on any atom is 0.410 e. The zero-order chi connectivity index (χ0) is 35.9. The lowest BCUT2D eigenvalue weighted by Crippen LogP contribution is -2.50. The van der Waals surface area contributed by atoms with E-state index in [1.165, 1.54) is 6.07 Å². The van der Waals surface area contributed by atoms with Gasteiger partial charge < -0.3 is 33.9 Å². The minimum Gasteiger partial charge on any atom is -0.505 e. The number of phenols is 1. The minimum atomic E-state index is -0.583. The normalized spacial score (nSPS) is 24.0. The van der Waals surface area contributed by atoms with Crippen LogP contribution in [0.2, 0.25) is 0 Å². The molecule has 1 amide bonds. The molecular weight excluding hydrogens is 667 g/mol. The van der Waals surface area contributed by atoms with Gasteiger partial charge >= 0.3 is 12.1 Å². The lowest BCUT2D eigenvalue weighted by Gasteiger charge is -2.36. The molecule has 5 fully saturated rings. The van der Waals surface area contributed by atoms with Gasteiger partial charge in [-0.1, -0.05) is 0 Å². The van der Waals surface area contributed by atoms with E-state index in [1.54, 1.807) is 17.8 Å². The predicted molar refractivity (Wildman–Crippen MR) is 192 cm³/mol. The van der Waals surface area contributed by atoms with Gasteiger partial charge in [0.25, 0.3) is 0 Å². The molecule has 3 atom stereocenters. The number of amides is 1. The van der Waals surface area contributed by atoms with E-state index in [-0.39, 0.29) is 54.0 Å². The van der Waals surface area contributed by atoms with Crippen LogP contribution in [0.25, 0.3) is 32.9 Å². The number of likely N-dealkylation sites (tertiary alicyclic amines) is 1. The number of ether oxygens (including phenoxy) is 4. The monoisotopic (exact) mass is 714 g/mol. The second-order valence-corrected chi connectivity index (χ2v) is 16.1. The van der Waals surface area contributed by atoms with Gasteiger partial charge in [-0.2, -0.15) is 15.1 Å². The van der Waals surface area contributed by atoms with Crippen molar-refractivity contribution >= 4 is 33.7 Å². The number of hydrogen-bond donors (Lipinski definition) is 1. The maximum absolute atomic E-state index is 16.0. The molecule has 12 nitrogen and oxygen atoms in total. The highest BCUT2D eigenvalue weighted by Crippen LogP contribution is 2.53. The van der Waals surface area contributed by atoms with Crippen LogP contribution in [0.1, 0.15) is 95.4 Å². The van der Waals surface area contributed by atoms with Gasteiger partial charge in [-0.05, 0) is 89.3 Å². The molecule has 0 spiro atoms. The second kappa shape index (κ2) is 12.7. The third kappa shape index (κ3) is 5.89. The van der Waals surface area contributed by atoms with Crippen molar-refractivity contribution in [1.29, 1.82) is 0 Å². The van der Waals surface area contributed by atoms with Crippen molar-refractivity contribution in [3.05, 3.63) is 35.3 Å². The molecule has 9 rings (SSSR count). The van der Waals surface area contributed by atoms with Crippen molar-refractivity contribution in [1.82, 2.24) is 24.6 Å². The fraction of sp³-hybridized carbons (Fsp3) is 0.590. The van der Waals surface area contributed by atoms with Crippen LogP contribution < -0.4 is 9.64 Å². The Morgan fingerprint density at radius 3 is 2.48 bits per heavy atom. The van der Waals surface area contributed by atoms with E-state index in [1.807, 2.05) is 25.7 Å². The van der Waals surface area contributed by atoms with Gasteiger partial charge in [0.1, 0.15) is 34.6 Å². The molecule has 4 aliphatic heterocycles. The first-order valence-electron chi connectivity index (χ1n) is 18.9. The SMILES string of the molecule is Cc1c(F)cc2c(cnn2C2CCCCO2)c1-c1c(C2CC2)cc2c(N3C[C@@H]4C[C@H]3CN4C(=O)OC(C)(C)C)nc(OC3CCOCC3)nc2c1O. The number of benzene rings is 2. The highest BCUT2D eigenvalue weighted by Gasteiger charge is 2.48. The van der Waals surface area contributed by atoms with Gasteiger partial charge in [0, 0.05) is 60.5 Å². The van der Waals surface area contributed by atoms with Gasteiger partial charge in [-0.15, -0.1) is 0 Å². The summed E-state index contributed by atoms with van der Waals surface area (Å²) in [6, 6.07) is 3.81. The molecule has 5 aliphatic rings. The van der Waals surface area contributed by atoms with Gasteiger partial charge in [-0.3, -0.25) is 0 Å². The van der Waals surface area contributed by atoms with Crippen LogP contribution in [0.3, 0.4) is 0 Å². The van der Waals surface area contributed by atoms with E-state index < -0.39 is 5.60 Å². The molecule has 1 saturated carbocycles. The molecule has 6 heterocycles. The van der Waals surface area contributed by atoms with Gasteiger partial charge in [0.15, 0.2) is 6.23 Å². The van der Waals surface area contributed by atoms with E-state index in [4.69, 9.17) is 34.0 Å². The van der Waals surface area contributed by atoms with E-state index >= 15 is 4.39 Å². The van der Waals surface area contributed by atoms with Crippen molar-refractivity contribution in [2.75, 3.05) is 37.8 Å². The van der Waals surface area contributed by atoms with Crippen LogP contribution in [-0.4, -0.2) is 92.5 Å². The Bertz CT molecular complexity index is 2050. The summed E-state index contributed by atoms with van der Waals surface area (Å²) in [5.41, 5.74) is 3.02. The Kier molecular flexibility index (Phi) is 8.22. The lowest BCUT2D eigenvalue weighted by molar-refractivity contribution is -0.0366. The van der Waals surface area contributed by atoms with Crippen molar-refractivity contribution in [2.45, 2.75) is 115 Å². The van der Waals surface area contributed by atoms with E-state index in [9.17, 15) is 9.90 Å². The summed E-state index contributed by atoms with van der Waals surface area (Å²) in [5.74, 6) is 0.492. The summed E-state index contributed by atoms with van der Waals surface area (Å²) in [4.78, 5) is 27.1. The molecule has 1 unspecified atom stereocenters. The third-order valence-corrected chi connectivity index (χ3v) is 11.3. The number of rotatable bonds is 6. The molecule has 1 aliphatic carbocycles. The summed E-state index contributed by atoms with van der Waals surface area (Å²) in [5, 5.41) is 18.7. The van der Waals surface area contributed by atoms with Crippen molar-refractivity contribution in [2.24, 2.45) is 0 Å². The van der Waals surface area contributed by atoms with Crippen molar-refractivity contribution in [3.63, 3.8) is 0 Å². The fourth-order valence-corrected chi connectivity index (χ4v) is 8.62. The Balaban J connectivity index is 1.19. The van der Waals surface area contributed by atoms with Crippen LogP contribution in [0.15, 0.2) is 18.3 Å². The number of carbonyl (C=O) groups excluding carboxylic acids is 1. The summed E-state index contributed by atoms with van der Waals surface area (Å²) >= 11 is 0. The second-order valence-electron chi connectivity index (χ2n) is 16.1. The number of aromatic nitrogens is 4. The van der Waals surface area contributed by atoms with Crippen LogP contribution in [0.4, 0.5) is 15.0 Å². The predicted octanol–water partition coefficient (Wildman–Crippen LogP) is 7.13. The van der Waals surface area contributed by atoms with Gasteiger partial charge in [0.2, 0.25) is 0 Å². The zero-order valence-electron chi connectivity index (χ0n) is 30.4. The van der Waals surface area contributed by atoms with Crippen molar-refractivity contribution in [3.8, 4) is 22.9 Å². The Morgan fingerprint density at radius 1 is 0.981 bits per heavy atom. The number of anilines is 1. The Morgan fingerprint density at radius 2 is 1.79 bits per heavy atom. The van der Waals surface area contributed by atoms with E-state index in [2.05, 4.69) is 11.0 Å². The Hall–Kier alpha value is -4.23. The maximum atomic E-state index is 16.0. The summed E-state index contributed by atoms with van der Waals surface area (Å²) in [7, 11) is 0. The molecule has 276 valence electrons. The van der Waals surface area contributed by atoms with E-state index in [0.29, 0.717) is 79.3 Å². The number of phenolic OH excluding ortho intramolecular Hbond substituents is 1. The molecule has 1 N–H and O–H groups in total. The minimum absolute atomic E-state index is 0.00989. The highest BCUT2D eigenvalue weighted by molar-refractivity contribution is 6.06. The standard InChI is InChI=1S/C39H47FN6O6/c1-21-29(40)17-30-28(18-41-46(30)31-7-5-6-12-50-31)32(21)33-26(22-8-9-22)16-27-34(35(33)47)42-37(51-25-10-13-49-14-11-25)43-36(27)44-19-24-15-23(44)20-45(24)38(48)52-39(2,3)4/h16-18,22-25,31,47H,5-15,19-20H2,1-4H3/t23-,24-,31?/m0/s1. The molecule has 52 heavy (non-hydrogen) atoms. The molecule has 4 saturated heterocycles. The summed E-state index contributed by atoms with van der Waals surface area (Å²) in [6.45, 7) is 10.3. The molecule has 2 aromatic carbocycles. The molecule has 2 aromatic heterocycles. The lowest BCUT2D eigenvalue weighted by atomic mass is 9.88. The summed E-state index contributed by atoms with van der Waals surface area (Å²) < 4.78 is 41.6. The largest absolute Gasteiger partial charge is 0.505 e. The molecule has 13 heteroatoms. The number of nitrogens with zero attached hydrogens (tertiary/aromatic N) is 6. The topological polar surface area (TPSA) is 124 Å². The van der Waals surface area contributed by atoms with Crippen LogP contribution >= 0.6 is 0 Å². The fourth-order valence-electron chi connectivity index (χ4n) is 8.62. The van der Waals surface area contributed by atoms with Crippen LogP contribution in [-0.2, 0) is 14.2 Å². The third-order valence-electron chi connectivity index (χ3n) is 11.3. The van der Waals surface area contributed by atoms with Gasteiger partial charge in [0.05, 0.1) is 37.0 Å². The highest BCUT2D eigenvalue weighted by atomic mass is 19.1. The van der Waals surface area contributed by atoms with E-state index in [0.717, 1.165) is 54.9 Å². The smallest absolute Gasteiger partial charge is 0.410 e. The number of piperazine rings is 1. The zero-order valence-corrected chi connectivity index (χ0v) is 30.4. The molecule has 2 bridgehead atoms. The number of halogens is 1. The quantitative estimate of drug-likeness (QED) is 0.221. The van der Waals surface area contributed by atoms with Gasteiger partial charge in [-0.25, -0.2) is 13.9 Å². The number of hydrogen-bond acceptors (Lipinski definition) is 10. The number of aromatic hydroxyl groups is 1. The average molecular weight is 715 g/mol. The molecule has 0 radical (unpaired) electrons. The van der Waals surface area contributed by atoms with Crippen LogP contribution in [0, 0.1) is 12.7 Å². The van der Waals surface area contributed by atoms with Crippen molar-refractivity contribution < 1.29 is 33.2 Å².